The third kappa shape index (κ3) is 1.85. The second-order valence-corrected chi connectivity index (χ2v) is 2.75. The number of benzene rings is 1. The van der Waals surface area contributed by atoms with Crippen LogP contribution in [0.3, 0.4) is 0 Å². The van der Waals surface area contributed by atoms with Crippen molar-refractivity contribution in [3.8, 4) is 6.07 Å². The van der Waals surface area contributed by atoms with Crippen LogP contribution in [0, 0.1) is 16.7 Å². The minimum atomic E-state index is 0.467. The number of hydrogen-bond donors (Lipinski definition) is 2. The van der Waals surface area contributed by atoms with E-state index in [1.807, 2.05) is 13.0 Å². The first kappa shape index (κ1) is 9.27. The highest BCUT2D eigenvalue weighted by Crippen LogP contribution is 2.15. The van der Waals surface area contributed by atoms with Crippen molar-refractivity contribution in [2.75, 3.05) is 5.73 Å². The maximum absolute atomic E-state index is 8.65. The van der Waals surface area contributed by atoms with E-state index in [4.69, 9.17) is 16.4 Å². The van der Waals surface area contributed by atoms with E-state index in [0.717, 1.165) is 0 Å². The molecule has 66 valence electrons. The van der Waals surface area contributed by atoms with Gasteiger partial charge in [-0.05, 0) is 24.6 Å². The van der Waals surface area contributed by atoms with Crippen molar-refractivity contribution in [1.29, 1.82) is 10.7 Å². The zero-order chi connectivity index (χ0) is 9.84. The molecule has 0 aliphatic carbocycles. The summed E-state index contributed by atoms with van der Waals surface area (Å²) >= 11 is 0. The maximum Gasteiger partial charge on any atom is 0.0991 e. The summed E-state index contributed by atoms with van der Waals surface area (Å²) in [5, 5.41) is 16.2. The Morgan fingerprint density at radius 1 is 1.62 bits per heavy atom. The molecule has 0 heterocycles. The molecule has 0 spiro atoms. The van der Waals surface area contributed by atoms with Crippen molar-refractivity contribution < 1.29 is 0 Å². The van der Waals surface area contributed by atoms with E-state index in [0.29, 0.717) is 28.9 Å². The molecule has 0 amide bonds. The smallest absolute Gasteiger partial charge is 0.0991 e. The zero-order valence-electron chi connectivity index (χ0n) is 7.46. The number of nitrogens with two attached hydrogens (primary N) is 1. The molecule has 0 aliphatic heterocycles. The van der Waals surface area contributed by atoms with Crippen molar-refractivity contribution in [2.45, 2.75) is 13.3 Å². The number of nitrogens with zero attached hydrogens (tertiary/aromatic N) is 1. The second-order valence-electron chi connectivity index (χ2n) is 2.75. The number of nitrogen functional groups attached to an aromatic ring is 1. The van der Waals surface area contributed by atoms with Gasteiger partial charge in [0.05, 0.1) is 11.6 Å². The molecule has 0 aliphatic rings. The van der Waals surface area contributed by atoms with Gasteiger partial charge in [0.1, 0.15) is 0 Å². The molecule has 3 heteroatoms. The summed E-state index contributed by atoms with van der Waals surface area (Å²) in [5.41, 5.74) is 7.91. The van der Waals surface area contributed by atoms with Crippen LogP contribution in [-0.4, -0.2) is 5.71 Å². The van der Waals surface area contributed by atoms with Gasteiger partial charge in [0, 0.05) is 17.0 Å². The van der Waals surface area contributed by atoms with E-state index in [1.165, 1.54) is 0 Å². The highest BCUT2D eigenvalue weighted by Gasteiger charge is 2.04. The van der Waals surface area contributed by atoms with Gasteiger partial charge in [-0.3, -0.25) is 0 Å². The summed E-state index contributed by atoms with van der Waals surface area (Å²) < 4.78 is 0. The predicted molar refractivity (Wildman–Crippen MR) is 52.7 cm³/mol. The van der Waals surface area contributed by atoms with E-state index in [2.05, 4.69) is 0 Å². The summed E-state index contributed by atoms with van der Waals surface area (Å²) in [7, 11) is 0. The van der Waals surface area contributed by atoms with Crippen LogP contribution in [0.2, 0.25) is 0 Å². The molecular formula is C10H11N3. The topological polar surface area (TPSA) is 73.7 Å². The first-order valence-electron chi connectivity index (χ1n) is 4.06. The van der Waals surface area contributed by atoms with E-state index in [-0.39, 0.29) is 0 Å². The van der Waals surface area contributed by atoms with Crippen LogP contribution in [0.1, 0.15) is 24.5 Å². The highest BCUT2D eigenvalue weighted by atomic mass is 14.6. The average Bonchev–Trinajstić information content (AvgIpc) is 2.17. The van der Waals surface area contributed by atoms with Crippen LogP contribution >= 0.6 is 0 Å². The fraction of sp³-hybridized carbons (Fsp3) is 0.200. The van der Waals surface area contributed by atoms with Gasteiger partial charge in [0.2, 0.25) is 0 Å². The molecule has 1 aromatic rings. The molecule has 0 saturated carbocycles. The van der Waals surface area contributed by atoms with Gasteiger partial charge in [-0.2, -0.15) is 5.26 Å². The third-order valence-corrected chi connectivity index (χ3v) is 1.86. The van der Waals surface area contributed by atoms with Crippen molar-refractivity contribution in [3.05, 3.63) is 29.3 Å². The van der Waals surface area contributed by atoms with Gasteiger partial charge in [0.25, 0.3) is 0 Å². The normalized spacial score (nSPS) is 9.23. The Morgan fingerprint density at radius 2 is 2.31 bits per heavy atom. The molecule has 13 heavy (non-hydrogen) atoms. The predicted octanol–water partition coefficient (Wildman–Crippen LogP) is 1.92. The molecule has 0 radical (unpaired) electrons. The number of nitriles is 1. The van der Waals surface area contributed by atoms with E-state index in [9.17, 15) is 0 Å². The van der Waals surface area contributed by atoms with Crippen molar-refractivity contribution in [2.24, 2.45) is 0 Å². The SMILES string of the molecule is CCC(=N)c1cc(C#N)ccc1N. The monoisotopic (exact) mass is 173 g/mol. The number of anilines is 1. The lowest BCUT2D eigenvalue weighted by Gasteiger charge is -2.04. The van der Waals surface area contributed by atoms with Crippen molar-refractivity contribution in [1.82, 2.24) is 0 Å². The van der Waals surface area contributed by atoms with Crippen molar-refractivity contribution >= 4 is 11.4 Å². The summed E-state index contributed by atoms with van der Waals surface area (Å²) in [6.45, 7) is 1.89. The Kier molecular flexibility index (Phi) is 2.65. The summed E-state index contributed by atoms with van der Waals surface area (Å²) in [6, 6.07) is 6.99. The standard InChI is InChI=1S/C10H11N3/c1-2-9(12)8-5-7(6-11)3-4-10(8)13/h3-5,12H,2,13H2,1H3. The van der Waals surface area contributed by atoms with Gasteiger partial charge < -0.3 is 11.1 Å². The molecular weight excluding hydrogens is 162 g/mol. The zero-order valence-corrected chi connectivity index (χ0v) is 7.46. The lowest BCUT2D eigenvalue weighted by Crippen LogP contribution is -2.02. The average molecular weight is 173 g/mol. The van der Waals surface area contributed by atoms with Gasteiger partial charge in [-0.25, -0.2) is 0 Å². The lowest BCUT2D eigenvalue weighted by molar-refractivity contribution is 1.24. The van der Waals surface area contributed by atoms with Crippen LogP contribution in [0.25, 0.3) is 0 Å². The van der Waals surface area contributed by atoms with Gasteiger partial charge in [0.15, 0.2) is 0 Å². The Bertz CT molecular complexity index is 374. The molecule has 1 aromatic carbocycles. The highest BCUT2D eigenvalue weighted by molar-refractivity contribution is 6.02. The quantitative estimate of drug-likeness (QED) is 0.529. The summed E-state index contributed by atoms with van der Waals surface area (Å²) in [5.74, 6) is 0. The third-order valence-electron chi connectivity index (χ3n) is 1.86. The Morgan fingerprint density at radius 3 is 2.85 bits per heavy atom. The van der Waals surface area contributed by atoms with Crippen LogP contribution in [0.4, 0.5) is 5.69 Å². The van der Waals surface area contributed by atoms with Gasteiger partial charge in [-0.1, -0.05) is 6.92 Å². The molecule has 3 nitrogen and oxygen atoms in total. The molecule has 0 atom stereocenters. The van der Waals surface area contributed by atoms with E-state index < -0.39 is 0 Å². The largest absolute Gasteiger partial charge is 0.398 e. The lowest BCUT2D eigenvalue weighted by atomic mass is 10.0. The number of nitrogens with one attached hydrogen (secondary N) is 1. The van der Waals surface area contributed by atoms with Crippen molar-refractivity contribution in [3.63, 3.8) is 0 Å². The van der Waals surface area contributed by atoms with Crippen LogP contribution in [0.15, 0.2) is 18.2 Å². The second kappa shape index (κ2) is 3.72. The fourth-order valence-corrected chi connectivity index (χ4v) is 1.08. The maximum atomic E-state index is 8.65. The molecule has 0 bridgehead atoms. The molecule has 0 saturated heterocycles. The Hall–Kier alpha value is -1.82. The summed E-state index contributed by atoms with van der Waals surface area (Å²) in [4.78, 5) is 0. The van der Waals surface area contributed by atoms with Crippen LogP contribution in [0.5, 0.6) is 0 Å². The van der Waals surface area contributed by atoms with E-state index in [1.54, 1.807) is 18.2 Å². The summed E-state index contributed by atoms with van der Waals surface area (Å²) in [6.07, 6.45) is 0.624. The minimum absolute atomic E-state index is 0.467. The first-order valence-corrected chi connectivity index (χ1v) is 4.06. The fourth-order valence-electron chi connectivity index (χ4n) is 1.08. The minimum Gasteiger partial charge on any atom is -0.398 e. The van der Waals surface area contributed by atoms with Gasteiger partial charge >= 0.3 is 0 Å². The van der Waals surface area contributed by atoms with Crippen LogP contribution in [-0.2, 0) is 0 Å². The molecule has 0 unspecified atom stereocenters. The molecule has 0 aromatic heterocycles. The number of hydrogen-bond acceptors (Lipinski definition) is 3. The van der Waals surface area contributed by atoms with Gasteiger partial charge in [-0.15, -0.1) is 0 Å². The first-order chi connectivity index (χ1) is 6.19. The Labute approximate surface area is 77.3 Å². The Balaban J connectivity index is 3.20. The molecule has 1 rings (SSSR count). The number of rotatable bonds is 2. The molecule has 3 N–H and O–H groups in total. The molecule has 0 fully saturated rings. The van der Waals surface area contributed by atoms with Crippen LogP contribution < -0.4 is 5.73 Å². The van der Waals surface area contributed by atoms with E-state index >= 15 is 0 Å².